The van der Waals surface area contributed by atoms with Crippen molar-refractivity contribution in [3.8, 4) is 11.1 Å². The van der Waals surface area contributed by atoms with Gasteiger partial charge in [0.05, 0.1) is 12.3 Å². The first-order valence-corrected chi connectivity index (χ1v) is 17.8. The van der Waals surface area contributed by atoms with Crippen molar-refractivity contribution < 1.29 is 9.90 Å². The molecule has 3 aromatic rings. The summed E-state index contributed by atoms with van der Waals surface area (Å²) in [4.78, 5) is 16.0. The van der Waals surface area contributed by atoms with Crippen LogP contribution in [0.4, 0.5) is 5.69 Å². The number of carbonyl (C=O) groups excluding carboxylic acids is 1. The number of aliphatic imine (C=N–C) groups is 1. The van der Waals surface area contributed by atoms with Crippen molar-refractivity contribution in [2.45, 2.75) is 146 Å². The molecule has 4 rings (SSSR count). The molecular weight excluding hydrogens is 550 g/mol. The highest BCUT2D eigenvalue weighted by molar-refractivity contribution is 5.94. The van der Waals surface area contributed by atoms with Crippen LogP contribution in [0.2, 0.25) is 0 Å². The van der Waals surface area contributed by atoms with E-state index in [1.807, 2.05) is 58.0 Å². The predicted molar refractivity (Wildman–Crippen MR) is 200 cm³/mol. The molecule has 0 atom stereocenters. The molecule has 1 aliphatic rings. The van der Waals surface area contributed by atoms with Gasteiger partial charge in [-0.05, 0) is 104 Å². The van der Waals surface area contributed by atoms with Crippen LogP contribution in [0.25, 0.3) is 11.1 Å². The number of unbranched alkanes of at least 4 members (excludes halogenated alkanes) is 3. The first-order valence-electron chi connectivity index (χ1n) is 17.8. The van der Waals surface area contributed by atoms with Crippen LogP contribution in [0, 0.1) is 6.92 Å². The molecule has 0 amide bonds. The molecule has 1 saturated carbocycles. The van der Waals surface area contributed by atoms with E-state index in [0.29, 0.717) is 0 Å². The third-order valence-electron chi connectivity index (χ3n) is 7.42. The number of rotatable bonds is 12. The van der Waals surface area contributed by atoms with Gasteiger partial charge in [0.1, 0.15) is 0 Å². The largest absolute Gasteiger partial charge is 0.392 e. The Hall–Kier alpha value is -3.04. The Kier molecular flexibility index (Phi) is 24.4. The summed E-state index contributed by atoms with van der Waals surface area (Å²) in [7, 11) is 0. The van der Waals surface area contributed by atoms with Crippen molar-refractivity contribution in [3.05, 3.63) is 89.0 Å². The van der Waals surface area contributed by atoms with Crippen molar-refractivity contribution in [3.63, 3.8) is 0 Å². The molecule has 0 spiro atoms. The van der Waals surface area contributed by atoms with Crippen LogP contribution >= 0.6 is 0 Å². The monoisotopic (exact) mass is 616 g/mol. The summed E-state index contributed by atoms with van der Waals surface area (Å²) in [5.74, 6) is 0.904. The molecule has 0 unspecified atom stereocenters. The SMILES string of the molecule is CC.CC.CC(=O)c1cccc(C2CC2)c1.CCCC.CCCCC(CCCC)=Nc1ccc(-c2ccc(CO)cc2)cc1C. The standard InChI is InChI=1S/C23H31NO.C11H12O.C4H10.2C2H6/c1-4-6-8-22(9-7-5-2)24-23-15-14-21(16-18(23)3)20-12-10-19(17-25)11-13-20;1-8(12)10-3-2-4-11(7-10)9-5-6-9;1-3-4-2;2*1-2/h10-16,25H,4-9,17H2,1-3H3;2-4,7,9H,5-6H2,1H3;3-4H2,1-2H3;2*1-2H3. The Labute approximate surface area is 277 Å². The number of hydrogen-bond acceptors (Lipinski definition) is 3. The van der Waals surface area contributed by atoms with Crippen LogP contribution in [0.5, 0.6) is 0 Å². The summed E-state index contributed by atoms with van der Waals surface area (Å²) in [6, 6.07) is 22.6. The predicted octanol–water partition coefficient (Wildman–Crippen LogP) is 13.2. The van der Waals surface area contributed by atoms with Crippen LogP contribution in [0.3, 0.4) is 0 Å². The summed E-state index contributed by atoms with van der Waals surface area (Å²) in [6.07, 6.45) is 12.3. The number of nitrogens with zero attached hydrogens (tertiary/aromatic N) is 1. The molecule has 1 fully saturated rings. The molecule has 3 nitrogen and oxygen atoms in total. The highest BCUT2D eigenvalue weighted by Gasteiger charge is 2.23. The molecule has 0 radical (unpaired) electrons. The van der Waals surface area contributed by atoms with Crippen LogP contribution in [0.1, 0.15) is 159 Å². The number of aryl methyl sites for hydroxylation is 1. The first-order chi connectivity index (χ1) is 21.9. The molecular formula is C42H65NO2. The van der Waals surface area contributed by atoms with Crippen molar-refractivity contribution in [1.29, 1.82) is 0 Å². The van der Waals surface area contributed by atoms with E-state index in [1.54, 1.807) is 6.92 Å². The van der Waals surface area contributed by atoms with Crippen LogP contribution in [-0.4, -0.2) is 16.6 Å². The van der Waals surface area contributed by atoms with Crippen LogP contribution < -0.4 is 0 Å². The number of carbonyl (C=O) groups is 1. The number of benzene rings is 3. The van der Waals surface area contributed by atoms with Gasteiger partial charge in [-0.2, -0.15) is 0 Å². The maximum absolute atomic E-state index is 11.0. The summed E-state index contributed by atoms with van der Waals surface area (Å²) in [6.45, 7) is 20.7. The molecule has 1 aliphatic carbocycles. The van der Waals surface area contributed by atoms with Crippen LogP contribution in [0.15, 0.2) is 71.7 Å². The van der Waals surface area contributed by atoms with Gasteiger partial charge >= 0.3 is 0 Å². The topological polar surface area (TPSA) is 49.7 Å². The van der Waals surface area contributed by atoms with Crippen LogP contribution in [-0.2, 0) is 6.61 Å². The Balaban J connectivity index is 0.000000798. The number of ketones is 1. The van der Waals surface area contributed by atoms with Gasteiger partial charge in [-0.25, -0.2) is 0 Å². The van der Waals surface area contributed by atoms with Gasteiger partial charge in [-0.1, -0.05) is 130 Å². The van der Waals surface area contributed by atoms with E-state index in [0.717, 1.165) is 35.6 Å². The maximum atomic E-state index is 11.0. The second-order valence-corrected chi connectivity index (χ2v) is 11.2. The second kappa shape index (κ2) is 26.2. The minimum Gasteiger partial charge on any atom is -0.392 e. The van der Waals surface area contributed by atoms with Gasteiger partial charge in [0.25, 0.3) is 0 Å². The molecule has 250 valence electrons. The summed E-state index contributed by atoms with van der Waals surface area (Å²) in [5, 5.41) is 9.17. The lowest BCUT2D eigenvalue weighted by Gasteiger charge is -2.10. The third kappa shape index (κ3) is 17.3. The Morgan fingerprint density at radius 1 is 0.756 bits per heavy atom. The smallest absolute Gasteiger partial charge is 0.159 e. The molecule has 0 aliphatic heterocycles. The first kappa shape index (κ1) is 42.0. The van der Waals surface area contributed by atoms with E-state index in [9.17, 15) is 9.90 Å². The zero-order valence-electron chi connectivity index (χ0n) is 30.5. The molecule has 1 N–H and O–H groups in total. The molecule has 0 bridgehead atoms. The fraction of sp³-hybridized carbons (Fsp3) is 0.524. The second-order valence-electron chi connectivity index (χ2n) is 11.2. The minimum absolute atomic E-state index is 0.0885. The fourth-order valence-corrected chi connectivity index (χ4v) is 4.36. The Morgan fingerprint density at radius 3 is 1.76 bits per heavy atom. The van der Waals surface area contributed by atoms with E-state index >= 15 is 0 Å². The van der Waals surface area contributed by atoms with Crippen molar-refractivity contribution in [2.75, 3.05) is 0 Å². The summed E-state index contributed by atoms with van der Waals surface area (Å²) in [5.41, 5.74) is 9.15. The molecule has 0 aromatic heterocycles. The number of Topliss-reactive ketones (excluding diaryl/α,β-unsaturated/α-hetero) is 1. The van der Waals surface area contributed by atoms with Crippen molar-refractivity contribution in [2.24, 2.45) is 4.99 Å². The lowest BCUT2D eigenvalue weighted by molar-refractivity contribution is 0.101. The normalized spacial score (nSPS) is 11.2. The summed E-state index contributed by atoms with van der Waals surface area (Å²) < 4.78 is 0. The zero-order chi connectivity index (χ0) is 34.0. The van der Waals surface area contributed by atoms with Crippen molar-refractivity contribution >= 4 is 17.2 Å². The fourth-order valence-electron chi connectivity index (χ4n) is 4.36. The maximum Gasteiger partial charge on any atom is 0.159 e. The number of hydrogen-bond donors (Lipinski definition) is 1. The Morgan fingerprint density at radius 2 is 1.31 bits per heavy atom. The molecule has 0 saturated heterocycles. The highest BCUT2D eigenvalue weighted by Crippen LogP contribution is 2.40. The van der Waals surface area contributed by atoms with Gasteiger partial charge in [0.15, 0.2) is 5.78 Å². The Bertz CT molecular complexity index is 1190. The van der Waals surface area contributed by atoms with Gasteiger partial charge in [-0.3, -0.25) is 9.79 Å². The van der Waals surface area contributed by atoms with Gasteiger partial charge in [0, 0.05) is 11.3 Å². The highest BCUT2D eigenvalue weighted by atomic mass is 16.3. The molecule has 3 heteroatoms. The van der Waals surface area contributed by atoms with Crippen molar-refractivity contribution in [1.82, 2.24) is 0 Å². The van der Waals surface area contributed by atoms with E-state index in [4.69, 9.17) is 4.99 Å². The average molecular weight is 616 g/mol. The number of aliphatic hydroxyl groups is 1. The van der Waals surface area contributed by atoms with Gasteiger partial charge in [0.2, 0.25) is 0 Å². The zero-order valence-corrected chi connectivity index (χ0v) is 30.5. The quantitative estimate of drug-likeness (QED) is 0.163. The lowest BCUT2D eigenvalue weighted by atomic mass is 10.0. The van der Waals surface area contributed by atoms with Gasteiger partial charge in [-0.15, -0.1) is 0 Å². The van der Waals surface area contributed by atoms with Gasteiger partial charge < -0.3 is 5.11 Å². The van der Waals surface area contributed by atoms with E-state index in [1.165, 1.54) is 79.3 Å². The average Bonchev–Trinajstić information content (AvgIpc) is 3.95. The minimum atomic E-state index is 0.0885. The van der Waals surface area contributed by atoms with E-state index < -0.39 is 0 Å². The third-order valence-corrected chi connectivity index (χ3v) is 7.42. The molecule has 45 heavy (non-hydrogen) atoms. The molecule has 0 heterocycles. The van der Waals surface area contributed by atoms with E-state index in [-0.39, 0.29) is 12.4 Å². The number of aliphatic hydroxyl groups excluding tert-OH is 1. The molecule has 3 aromatic carbocycles. The summed E-state index contributed by atoms with van der Waals surface area (Å²) >= 11 is 0. The lowest BCUT2D eigenvalue weighted by Crippen LogP contribution is -1.98. The van der Waals surface area contributed by atoms with E-state index in [2.05, 4.69) is 71.0 Å².